The van der Waals surface area contributed by atoms with E-state index in [1.165, 1.54) is 13.3 Å². The van der Waals surface area contributed by atoms with Crippen LogP contribution < -0.4 is 10.6 Å². The number of carbonyl (C=O) groups excluding carboxylic acids is 1. The highest BCUT2D eigenvalue weighted by atomic mass is 35.5. The topological polar surface area (TPSA) is 97.9 Å². The van der Waals surface area contributed by atoms with E-state index in [1.54, 1.807) is 30.3 Å². The fourth-order valence-electron chi connectivity index (χ4n) is 1.27. The minimum absolute atomic E-state index is 0.0569. The molecule has 20 heavy (non-hydrogen) atoms. The number of hydrogen-bond donors (Lipinski definition) is 2. The van der Waals surface area contributed by atoms with Crippen molar-refractivity contribution in [2.75, 3.05) is 24.4 Å². The Labute approximate surface area is 121 Å². The summed E-state index contributed by atoms with van der Waals surface area (Å²) >= 11 is 6.01. The molecule has 102 valence electrons. The van der Waals surface area contributed by atoms with Gasteiger partial charge in [0, 0.05) is 19.0 Å². The average Bonchev–Trinajstić information content (AvgIpc) is 2.43. The first-order valence-corrected chi connectivity index (χ1v) is 5.83. The zero-order valence-electron chi connectivity index (χ0n) is 10.6. The third-order valence-corrected chi connectivity index (χ3v) is 2.46. The molecule has 0 aromatic heterocycles. The quantitative estimate of drug-likeness (QED) is 0.811. The van der Waals surface area contributed by atoms with Gasteiger partial charge in [0.15, 0.2) is 0 Å². The molecule has 0 heterocycles. The van der Waals surface area contributed by atoms with Gasteiger partial charge in [-0.1, -0.05) is 11.6 Å². The summed E-state index contributed by atoms with van der Waals surface area (Å²) in [5.74, 6) is -0.314. The first kappa shape index (κ1) is 15.5. The van der Waals surface area contributed by atoms with Gasteiger partial charge in [-0.3, -0.25) is 4.79 Å². The van der Waals surface area contributed by atoms with Crippen molar-refractivity contribution in [2.24, 2.45) is 0 Å². The lowest BCUT2D eigenvalue weighted by atomic mass is 10.2. The van der Waals surface area contributed by atoms with Crippen molar-refractivity contribution >= 4 is 28.9 Å². The normalized spacial score (nSPS) is 9.00. The molecule has 0 aliphatic heterocycles. The number of nitriles is 2. The van der Waals surface area contributed by atoms with Crippen molar-refractivity contribution in [3.63, 3.8) is 0 Å². The van der Waals surface area contributed by atoms with E-state index in [0.29, 0.717) is 16.4 Å². The Balaban J connectivity index is 2.79. The average molecular weight is 291 g/mol. The van der Waals surface area contributed by atoms with Gasteiger partial charge in [0.05, 0.1) is 10.7 Å². The van der Waals surface area contributed by atoms with Crippen molar-refractivity contribution in [1.29, 1.82) is 10.5 Å². The largest absolute Gasteiger partial charge is 0.375 e. The molecule has 0 saturated heterocycles. The lowest BCUT2D eigenvalue weighted by molar-refractivity contribution is -0.119. The fourth-order valence-corrected chi connectivity index (χ4v) is 1.50. The Morgan fingerprint density at radius 2 is 2.15 bits per heavy atom. The Morgan fingerprint density at radius 1 is 1.45 bits per heavy atom. The second-order valence-electron chi connectivity index (χ2n) is 3.60. The maximum Gasteiger partial charge on any atom is 0.250 e. The lowest BCUT2D eigenvalue weighted by Crippen LogP contribution is -2.17. The first-order valence-electron chi connectivity index (χ1n) is 5.46. The van der Waals surface area contributed by atoms with E-state index in [0.717, 1.165) is 0 Å². The monoisotopic (exact) mass is 290 g/mol. The van der Waals surface area contributed by atoms with Crippen LogP contribution in [0.5, 0.6) is 0 Å². The van der Waals surface area contributed by atoms with Crippen LogP contribution in [0.25, 0.3) is 0 Å². The van der Waals surface area contributed by atoms with Gasteiger partial charge in [0.2, 0.25) is 5.91 Å². The van der Waals surface area contributed by atoms with E-state index in [2.05, 4.69) is 10.6 Å². The number of nitrogens with zero attached hydrogens (tertiary/aromatic N) is 2. The summed E-state index contributed by atoms with van der Waals surface area (Å²) in [6, 6.07) is 8.26. The van der Waals surface area contributed by atoms with Crippen LogP contribution in [-0.2, 0) is 9.53 Å². The van der Waals surface area contributed by atoms with Crippen LogP contribution in [0.15, 0.2) is 30.0 Å². The number of nitrogens with one attached hydrogen (secondary N) is 2. The molecular weight excluding hydrogens is 280 g/mol. The molecule has 1 amide bonds. The number of ether oxygens (including phenoxy) is 1. The smallest absolute Gasteiger partial charge is 0.250 e. The molecule has 0 saturated carbocycles. The van der Waals surface area contributed by atoms with E-state index in [-0.39, 0.29) is 18.1 Å². The molecule has 6 nitrogen and oxygen atoms in total. The maximum absolute atomic E-state index is 11.4. The molecule has 1 aromatic rings. The predicted octanol–water partition coefficient (Wildman–Crippen LogP) is 2.27. The van der Waals surface area contributed by atoms with Gasteiger partial charge in [-0.25, -0.2) is 0 Å². The highest BCUT2D eigenvalue weighted by molar-refractivity contribution is 6.34. The number of hydrogen-bond acceptors (Lipinski definition) is 5. The van der Waals surface area contributed by atoms with Gasteiger partial charge in [-0.05, 0) is 18.2 Å². The van der Waals surface area contributed by atoms with Crippen molar-refractivity contribution in [1.82, 2.24) is 0 Å². The van der Waals surface area contributed by atoms with Crippen molar-refractivity contribution in [3.8, 4) is 12.1 Å². The van der Waals surface area contributed by atoms with Crippen molar-refractivity contribution < 1.29 is 9.53 Å². The number of halogens is 1. The Hall–Kier alpha value is -2.54. The fraction of sp³-hybridized carbons (Fsp3) is 0.154. The standard InChI is InChI=1S/C13H11ClN4O2/c1-20-8-13(19)18-12-3-2-10(4-11(12)14)17-7-9(5-15)6-16/h2-4,7,17H,8H2,1H3,(H,18,19). The van der Waals surface area contributed by atoms with Gasteiger partial charge < -0.3 is 15.4 Å². The molecule has 0 bridgehead atoms. The number of anilines is 2. The molecule has 0 radical (unpaired) electrons. The van der Waals surface area contributed by atoms with E-state index in [9.17, 15) is 4.79 Å². The third kappa shape index (κ3) is 4.62. The molecule has 2 N–H and O–H groups in total. The number of amides is 1. The zero-order chi connectivity index (χ0) is 15.0. The maximum atomic E-state index is 11.4. The molecule has 1 rings (SSSR count). The highest BCUT2D eigenvalue weighted by Gasteiger charge is 2.06. The molecular formula is C13H11ClN4O2. The van der Waals surface area contributed by atoms with E-state index >= 15 is 0 Å². The summed E-state index contributed by atoms with van der Waals surface area (Å²) in [6.07, 6.45) is 1.27. The number of benzene rings is 1. The van der Waals surface area contributed by atoms with E-state index in [1.807, 2.05) is 0 Å². The minimum Gasteiger partial charge on any atom is -0.375 e. The Bertz CT molecular complexity index is 598. The molecule has 1 aromatic carbocycles. The summed E-state index contributed by atoms with van der Waals surface area (Å²) in [5.41, 5.74) is 0.977. The number of allylic oxidation sites excluding steroid dienone is 1. The van der Waals surface area contributed by atoms with Gasteiger partial charge in [0.25, 0.3) is 0 Å². The molecule has 7 heteroatoms. The van der Waals surface area contributed by atoms with E-state index in [4.69, 9.17) is 26.9 Å². The summed E-state index contributed by atoms with van der Waals surface area (Å²) in [4.78, 5) is 11.4. The summed E-state index contributed by atoms with van der Waals surface area (Å²) < 4.78 is 4.69. The van der Waals surface area contributed by atoms with Gasteiger partial charge in [-0.15, -0.1) is 0 Å². The minimum atomic E-state index is -0.314. The van der Waals surface area contributed by atoms with Crippen LogP contribution in [0.4, 0.5) is 11.4 Å². The lowest BCUT2D eigenvalue weighted by Gasteiger charge is -2.08. The van der Waals surface area contributed by atoms with Crippen LogP contribution in [0.2, 0.25) is 5.02 Å². The third-order valence-electron chi connectivity index (χ3n) is 2.14. The first-order chi connectivity index (χ1) is 9.60. The second-order valence-corrected chi connectivity index (χ2v) is 4.01. The van der Waals surface area contributed by atoms with Crippen molar-refractivity contribution in [2.45, 2.75) is 0 Å². The van der Waals surface area contributed by atoms with Gasteiger partial charge >= 0.3 is 0 Å². The molecule has 0 atom stereocenters. The van der Waals surface area contributed by atoms with Crippen LogP contribution in [0, 0.1) is 22.7 Å². The number of methoxy groups -OCH3 is 1. The van der Waals surface area contributed by atoms with E-state index < -0.39 is 0 Å². The summed E-state index contributed by atoms with van der Waals surface area (Å²) in [5, 5.41) is 22.8. The number of carbonyl (C=O) groups is 1. The van der Waals surface area contributed by atoms with Crippen LogP contribution in [0.1, 0.15) is 0 Å². The molecule has 0 aliphatic rings. The van der Waals surface area contributed by atoms with Crippen molar-refractivity contribution in [3.05, 3.63) is 35.0 Å². The Kier molecular flexibility index (Phi) is 6.05. The molecule has 0 spiro atoms. The highest BCUT2D eigenvalue weighted by Crippen LogP contribution is 2.25. The summed E-state index contributed by atoms with van der Waals surface area (Å²) in [7, 11) is 1.42. The molecule has 0 unspecified atom stereocenters. The second kappa shape index (κ2) is 7.80. The molecule has 0 aliphatic carbocycles. The SMILES string of the molecule is COCC(=O)Nc1ccc(NC=C(C#N)C#N)cc1Cl. The van der Waals surface area contributed by atoms with Gasteiger partial charge in [-0.2, -0.15) is 10.5 Å². The van der Waals surface area contributed by atoms with Crippen LogP contribution in [-0.4, -0.2) is 19.6 Å². The molecule has 0 fully saturated rings. The summed E-state index contributed by atoms with van der Waals surface area (Å²) in [6.45, 7) is -0.0627. The zero-order valence-corrected chi connectivity index (χ0v) is 11.4. The van der Waals surface area contributed by atoms with Crippen LogP contribution >= 0.6 is 11.6 Å². The van der Waals surface area contributed by atoms with Gasteiger partial charge in [0.1, 0.15) is 24.3 Å². The van der Waals surface area contributed by atoms with Crippen LogP contribution in [0.3, 0.4) is 0 Å². The predicted molar refractivity (Wildman–Crippen MR) is 74.9 cm³/mol. The number of rotatable bonds is 5. The Morgan fingerprint density at radius 3 is 2.70 bits per heavy atom.